The zero-order valence-corrected chi connectivity index (χ0v) is 20.6. The number of benzene rings is 2. The molecule has 1 aliphatic rings. The molecule has 0 spiro atoms. The normalized spacial score (nSPS) is 22.4. The molecule has 0 bridgehead atoms. The van der Waals surface area contributed by atoms with Crippen molar-refractivity contribution in [2.24, 2.45) is 11.1 Å². The third kappa shape index (κ3) is 4.61. The summed E-state index contributed by atoms with van der Waals surface area (Å²) in [5, 5.41) is 36.0. The van der Waals surface area contributed by atoms with Gasteiger partial charge in [0.05, 0.1) is 24.4 Å². The molecule has 11 nitrogen and oxygen atoms in total. The maximum atomic E-state index is 11.1. The molecule has 12 heteroatoms. The summed E-state index contributed by atoms with van der Waals surface area (Å²) in [6.07, 6.45) is -0.404. The molecule has 4 atom stereocenters. The van der Waals surface area contributed by atoms with E-state index < -0.39 is 34.5 Å². The largest absolute Gasteiger partial charge is 0.390 e. The lowest BCUT2D eigenvalue weighted by Crippen LogP contribution is -2.36. The minimum absolute atomic E-state index is 0.270. The average Bonchev–Trinajstić information content (AvgIpc) is 3.39. The first-order chi connectivity index (χ1) is 17.1. The van der Waals surface area contributed by atoms with Crippen LogP contribution in [-0.4, -0.2) is 72.2 Å². The summed E-state index contributed by atoms with van der Waals surface area (Å²) >= 11 is 0. The number of aliphatic hydroxyl groups is 2. The minimum Gasteiger partial charge on any atom is -0.390 e. The summed E-state index contributed by atoms with van der Waals surface area (Å²) in [4.78, 5) is 6.50. The first-order valence-electron chi connectivity index (χ1n) is 11.5. The van der Waals surface area contributed by atoms with Crippen LogP contribution in [0.3, 0.4) is 0 Å². The van der Waals surface area contributed by atoms with Crippen molar-refractivity contribution in [3.05, 3.63) is 54.7 Å². The van der Waals surface area contributed by atoms with Gasteiger partial charge in [-0.1, -0.05) is 30.3 Å². The van der Waals surface area contributed by atoms with Crippen LogP contribution in [0.2, 0.25) is 0 Å². The smallest absolute Gasteiger partial charge is 0.333 e. The van der Waals surface area contributed by atoms with E-state index in [1.807, 2.05) is 38.4 Å². The summed E-state index contributed by atoms with van der Waals surface area (Å²) in [6.45, 7) is -0.317. The third-order valence-corrected chi connectivity index (χ3v) is 7.06. The molecule has 1 aliphatic carbocycles. The zero-order valence-electron chi connectivity index (χ0n) is 19.8. The molecule has 2 aromatic heterocycles. The molecule has 1 saturated carbocycles. The first kappa shape index (κ1) is 24.4. The highest BCUT2D eigenvalue weighted by Crippen LogP contribution is 2.35. The summed E-state index contributed by atoms with van der Waals surface area (Å²) in [5.74, 6) is -0.0346. The van der Waals surface area contributed by atoms with E-state index >= 15 is 0 Å². The molecule has 2 aromatic carbocycles. The molecule has 0 radical (unpaired) electrons. The molecule has 5 N–H and O–H groups in total. The second-order valence-corrected chi connectivity index (χ2v) is 10.4. The lowest BCUT2D eigenvalue weighted by molar-refractivity contribution is 0.00777. The van der Waals surface area contributed by atoms with Gasteiger partial charge in [0.15, 0.2) is 5.65 Å². The predicted molar refractivity (Wildman–Crippen MR) is 137 cm³/mol. The standard InChI is InChI=1S/C24H28N6O5S/c1-29(2)20-8-7-16(15-5-3-4-6-17(15)20)18-12-22-26-10-9-21(30(22)28-18)27-19-11-14(23(31)24(19)32)13-35-36(25,33)34/h3-10,12,14,19,23-24,27,31-32H,11,13H2,1-2H3,(H2,25,33,34)/t14-,19-,23-,24+/m1/s1. The van der Waals surface area contributed by atoms with Gasteiger partial charge < -0.3 is 20.4 Å². The quantitative estimate of drug-likeness (QED) is 0.287. The van der Waals surface area contributed by atoms with E-state index in [0.717, 1.165) is 27.7 Å². The Kier molecular flexibility index (Phi) is 6.30. The van der Waals surface area contributed by atoms with E-state index in [4.69, 9.17) is 10.2 Å². The second-order valence-electron chi connectivity index (χ2n) is 9.21. The van der Waals surface area contributed by atoms with Gasteiger partial charge in [-0.05, 0) is 23.9 Å². The van der Waals surface area contributed by atoms with E-state index in [-0.39, 0.29) is 13.0 Å². The SMILES string of the molecule is CN(C)c1ccc(-c2cc3nccc(N[C@@H]4C[C@H](COS(N)(=O)=O)[C@@H](O)[C@H]4O)n3n2)c2ccccc12. The number of aliphatic hydroxyl groups excluding tert-OH is 2. The average molecular weight is 513 g/mol. The number of aromatic nitrogens is 3. The Morgan fingerprint density at radius 1 is 1.14 bits per heavy atom. The summed E-state index contributed by atoms with van der Waals surface area (Å²) in [7, 11) is -0.126. The number of rotatable bonds is 7. The van der Waals surface area contributed by atoms with Gasteiger partial charge in [-0.2, -0.15) is 18.0 Å². The van der Waals surface area contributed by atoms with Gasteiger partial charge in [0, 0.05) is 48.9 Å². The molecular formula is C24H28N6O5S. The van der Waals surface area contributed by atoms with Crippen LogP contribution in [0, 0.1) is 5.92 Å². The number of nitrogens with zero attached hydrogens (tertiary/aromatic N) is 4. The molecule has 2 heterocycles. The Bertz CT molecular complexity index is 1520. The number of hydrogen-bond donors (Lipinski definition) is 4. The van der Waals surface area contributed by atoms with Gasteiger partial charge in [0.2, 0.25) is 0 Å². The summed E-state index contributed by atoms with van der Waals surface area (Å²) in [6, 6.07) is 15.3. The molecule has 1 fully saturated rings. The zero-order chi connectivity index (χ0) is 25.6. The highest BCUT2D eigenvalue weighted by molar-refractivity contribution is 7.84. The van der Waals surface area contributed by atoms with Gasteiger partial charge in [0.1, 0.15) is 11.9 Å². The Morgan fingerprint density at radius 3 is 2.61 bits per heavy atom. The van der Waals surface area contributed by atoms with Crippen LogP contribution < -0.4 is 15.4 Å². The Morgan fingerprint density at radius 2 is 1.89 bits per heavy atom. The summed E-state index contributed by atoms with van der Waals surface area (Å²) < 4.78 is 28.5. The van der Waals surface area contributed by atoms with E-state index in [1.165, 1.54) is 0 Å². The van der Waals surface area contributed by atoms with Crippen LogP contribution in [0.4, 0.5) is 11.5 Å². The van der Waals surface area contributed by atoms with Crippen LogP contribution in [0.1, 0.15) is 6.42 Å². The first-order valence-corrected chi connectivity index (χ1v) is 12.9. The fourth-order valence-corrected chi connectivity index (χ4v) is 5.20. The van der Waals surface area contributed by atoms with Gasteiger partial charge in [0.25, 0.3) is 0 Å². The molecule has 190 valence electrons. The van der Waals surface area contributed by atoms with Crippen molar-refractivity contribution in [1.82, 2.24) is 14.6 Å². The van der Waals surface area contributed by atoms with E-state index in [9.17, 15) is 18.6 Å². The van der Waals surface area contributed by atoms with Crippen molar-refractivity contribution in [3.8, 4) is 11.3 Å². The van der Waals surface area contributed by atoms with E-state index in [2.05, 4.69) is 37.6 Å². The molecule has 36 heavy (non-hydrogen) atoms. The number of fused-ring (bicyclic) bond motifs is 2. The lowest BCUT2D eigenvalue weighted by atomic mass is 10.0. The molecule has 5 rings (SSSR count). The number of anilines is 2. The minimum atomic E-state index is -4.14. The fraction of sp³-hybridized carbons (Fsp3) is 0.333. The number of nitrogens with two attached hydrogens (primary N) is 1. The van der Waals surface area contributed by atoms with Gasteiger partial charge in [-0.3, -0.25) is 4.18 Å². The topological polar surface area (TPSA) is 155 Å². The van der Waals surface area contributed by atoms with Crippen LogP contribution in [0.5, 0.6) is 0 Å². The van der Waals surface area contributed by atoms with Crippen molar-refractivity contribution in [2.45, 2.75) is 24.7 Å². The van der Waals surface area contributed by atoms with E-state index in [1.54, 1.807) is 16.8 Å². The Labute approximate surface area is 208 Å². The van der Waals surface area contributed by atoms with Crippen molar-refractivity contribution in [1.29, 1.82) is 0 Å². The fourth-order valence-electron chi connectivity index (χ4n) is 4.84. The highest BCUT2D eigenvalue weighted by atomic mass is 32.2. The molecule has 4 aromatic rings. The Hall–Kier alpha value is -3.29. The van der Waals surface area contributed by atoms with E-state index in [0.29, 0.717) is 11.5 Å². The van der Waals surface area contributed by atoms with Crippen molar-refractivity contribution in [3.63, 3.8) is 0 Å². The van der Waals surface area contributed by atoms with Crippen LogP contribution in [-0.2, 0) is 14.5 Å². The molecule has 0 amide bonds. The van der Waals surface area contributed by atoms with Crippen LogP contribution in [0.25, 0.3) is 27.7 Å². The highest BCUT2D eigenvalue weighted by Gasteiger charge is 2.42. The number of hydrogen-bond acceptors (Lipinski definition) is 9. The third-order valence-electron chi connectivity index (χ3n) is 6.60. The van der Waals surface area contributed by atoms with Crippen LogP contribution in [0.15, 0.2) is 54.7 Å². The van der Waals surface area contributed by atoms with Crippen LogP contribution >= 0.6 is 0 Å². The lowest BCUT2D eigenvalue weighted by Gasteiger charge is -2.19. The maximum Gasteiger partial charge on any atom is 0.333 e. The van der Waals surface area contributed by atoms with Crippen molar-refractivity contribution < 1.29 is 22.8 Å². The predicted octanol–water partition coefficient (Wildman–Crippen LogP) is 1.36. The van der Waals surface area contributed by atoms with Crippen molar-refractivity contribution in [2.75, 3.05) is 30.9 Å². The van der Waals surface area contributed by atoms with Gasteiger partial charge >= 0.3 is 10.3 Å². The molecule has 0 saturated heterocycles. The molecule has 0 aliphatic heterocycles. The van der Waals surface area contributed by atoms with Crippen molar-refractivity contribution >= 4 is 38.2 Å². The second kappa shape index (κ2) is 9.30. The summed E-state index contributed by atoms with van der Waals surface area (Å²) in [5.41, 5.74) is 3.42. The van der Waals surface area contributed by atoms with Gasteiger partial charge in [-0.15, -0.1) is 0 Å². The molecule has 0 unspecified atom stereocenters. The monoisotopic (exact) mass is 512 g/mol. The van der Waals surface area contributed by atoms with Gasteiger partial charge in [-0.25, -0.2) is 10.1 Å². The number of nitrogens with one attached hydrogen (secondary N) is 1. The molecular weight excluding hydrogens is 484 g/mol. The Balaban J connectivity index is 1.46. The maximum absolute atomic E-state index is 11.1.